The summed E-state index contributed by atoms with van der Waals surface area (Å²) in [6, 6.07) is 17.8. The Bertz CT molecular complexity index is 1530. The number of nitrogens with zero attached hydrogens (tertiary/aromatic N) is 6. The summed E-state index contributed by atoms with van der Waals surface area (Å²) in [4.78, 5) is 30.1. The maximum atomic E-state index is 13.0. The number of urea groups is 1. The number of carbonyl (C=O) groups excluding carboxylic acids is 1. The molecule has 42 heavy (non-hydrogen) atoms. The lowest BCUT2D eigenvalue weighted by Crippen LogP contribution is -2.45. The van der Waals surface area contributed by atoms with Crippen LogP contribution in [0.4, 0.5) is 16.3 Å². The van der Waals surface area contributed by atoms with Crippen molar-refractivity contribution in [2.45, 2.75) is 38.4 Å². The quantitative estimate of drug-likeness (QED) is 0.327. The molecule has 220 valence electrons. The normalized spacial score (nSPS) is 17.3. The van der Waals surface area contributed by atoms with Gasteiger partial charge in [0.1, 0.15) is 17.2 Å². The van der Waals surface area contributed by atoms with Crippen LogP contribution < -0.4 is 20.3 Å². The Morgan fingerprint density at radius 2 is 1.88 bits per heavy atom. The van der Waals surface area contributed by atoms with Crippen molar-refractivity contribution < 1.29 is 9.53 Å². The van der Waals surface area contributed by atoms with Gasteiger partial charge in [0.05, 0.1) is 36.8 Å². The zero-order valence-corrected chi connectivity index (χ0v) is 24.7. The van der Waals surface area contributed by atoms with Crippen LogP contribution in [0, 0.1) is 0 Å². The number of carbonyl (C=O) groups is 1. The van der Waals surface area contributed by atoms with Crippen molar-refractivity contribution >= 4 is 23.2 Å². The molecule has 2 N–H and O–H groups in total. The van der Waals surface area contributed by atoms with E-state index in [2.05, 4.69) is 68.1 Å². The van der Waals surface area contributed by atoms with Gasteiger partial charge in [0, 0.05) is 44.6 Å². The third kappa shape index (κ3) is 5.91. The summed E-state index contributed by atoms with van der Waals surface area (Å²) >= 11 is 0. The Labute approximate surface area is 247 Å². The number of anilines is 2. The fourth-order valence-electron chi connectivity index (χ4n) is 6.15. The number of hydrogen-bond acceptors (Lipinski definition) is 7. The number of piperazine rings is 1. The van der Waals surface area contributed by atoms with Gasteiger partial charge >= 0.3 is 6.03 Å². The van der Waals surface area contributed by atoms with E-state index in [0.717, 1.165) is 74.0 Å². The lowest BCUT2D eigenvalue weighted by atomic mass is 9.91. The number of pyridine rings is 2. The van der Waals surface area contributed by atoms with Gasteiger partial charge in [-0.2, -0.15) is 0 Å². The van der Waals surface area contributed by atoms with E-state index < -0.39 is 0 Å². The van der Waals surface area contributed by atoms with Gasteiger partial charge < -0.3 is 25.2 Å². The molecule has 1 aromatic carbocycles. The SMILES string of the molecule is COc1ccc(NC(=O)NCc2c(CN(C)[C@H]3CCCc4cccnc43)nc3cccc(N4CCN(C)CC4)n23)cc1. The minimum atomic E-state index is -0.267. The second-order valence-electron chi connectivity index (χ2n) is 11.3. The van der Waals surface area contributed by atoms with Crippen LogP contribution >= 0.6 is 0 Å². The topological polar surface area (TPSA) is 90.3 Å². The number of methoxy groups -OCH3 is 1. The molecule has 4 heterocycles. The summed E-state index contributed by atoms with van der Waals surface area (Å²) in [5, 5.41) is 6.04. The number of nitrogens with one attached hydrogen (secondary N) is 2. The number of amides is 2. The summed E-state index contributed by atoms with van der Waals surface area (Å²) in [5.74, 6) is 1.85. The monoisotopic (exact) mass is 568 g/mol. The number of aromatic nitrogens is 3. The zero-order chi connectivity index (χ0) is 29.1. The highest BCUT2D eigenvalue weighted by Gasteiger charge is 2.27. The molecule has 1 saturated heterocycles. The maximum absolute atomic E-state index is 13.0. The smallest absolute Gasteiger partial charge is 0.319 e. The molecule has 0 bridgehead atoms. The first kappa shape index (κ1) is 28.0. The molecule has 4 aromatic rings. The highest BCUT2D eigenvalue weighted by Crippen LogP contribution is 2.33. The second kappa shape index (κ2) is 12.4. The number of benzene rings is 1. The minimum Gasteiger partial charge on any atom is -0.497 e. The minimum absolute atomic E-state index is 0.232. The van der Waals surface area contributed by atoms with Gasteiger partial charge in [-0.15, -0.1) is 0 Å². The van der Waals surface area contributed by atoms with Crippen LogP contribution in [0.1, 0.15) is 41.5 Å². The van der Waals surface area contributed by atoms with Gasteiger partial charge in [-0.1, -0.05) is 12.1 Å². The number of ether oxygens (including phenoxy) is 1. The van der Waals surface area contributed by atoms with E-state index in [4.69, 9.17) is 14.7 Å². The lowest BCUT2D eigenvalue weighted by molar-refractivity contribution is 0.206. The van der Waals surface area contributed by atoms with Crippen molar-refractivity contribution in [3.63, 3.8) is 0 Å². The molecule has 0 saturated carbocycles. The Hall–Kier alpha value is -4.15. The Balaban J connectivity index is 1.29. The van der Waals surface area contributed by atoms with Gasteiger partial charge in [-0.25, -0.2) is 9.78 Å². The van der Waals surface area contributed by atoms with Crippen LogP contribution in [0.15, 0.2) is 60.8 Å². The number of aryl methyl sites for hydroxylation is 1. The second-order valence-corrected chi connectivity index (χ2v) is 11.3. The molecule has 0 spiro atoms. The molecule has 0 radical (unpaired) electrons. The molecular weight excluding hydrogens is 528 g/mol. The highest BCUT2D eigenvalue weighted by molar-refractivity contribution is 5.89. The van der Waals surface area contributed by atoms with Gasteiger partial charge in [0.15, 0.2) is 0 Å². The standard InChI is InChI=1S/C32H40N8O2/c1-37-17-19-39(20-18-37)30-11-5-10-29-36-26(22-38(2)27-9-4-7-23-8-6-16-33-31(23)27)28(40(29)30)21-34-32(41)35-24-12-14-25(42-3)15-13-24/h5-6,8,10-16,27H,4,7,9,17-22H2,1-3H3,(H2,34,35,41)/t27-/m0/s1. The summed E-state index contributed by atoms with van der Waals surface area (Å²) in [6.45, 7) is 4.90. The number of hydrogen-bond donors (Lipinski definition) is 2. The molecule has 0 unspecified atom stereocenters. The van der Waals surface area contributed by atoms with Gasteiger partial charge in [-0.3, -0.25) is 14.3 Å². The van der Waals surface area contributed by atoms with Crippen LogP contribution in [0.25, 0.3) is 5.65 Å². The fourth-order valence-corrected chi connectivity index (χ4v) is 6.15. The third-order valence-corrected chi connectivity index (χ3v) is 8.49. The molecule has 1 atom stereocenters. The predicted molar refractivity (Wildman–Crippen MR) is 165 cm³/mol. The highest BCUT2D eigenvalue weighted by atomic mass is 16.5. The Morgan fingerprint density at radius 1 is 1.07 bits per heavy atom. The van der Waals surface area contributed by atoms with E-state index >= 15 is 0 Å². The molecule has 2 aliphatic rings. The van der Waals surface area contributed by atoms with Crippen molar-refractivity contribution in [2.24, 2.45) is 0 Å². The number of likely N-dealkylation sites (N-methyl/N-ethyl adjacent to an activating group) is 1. The van der Waals surface area contributed by atoms with E-state index in [0.29, 0.717) is 18.8 Å². The van der Waals surface area contributed by atoms with Crippen LogP contribution in [-0.4, -0.2) is 77.6 Å². The van der Waals surface area contributed by atoms with Gasteiger partial charge in [0.25, 0.3) is 0 Å². The first-order valence-electron chi connectivity index (χ1n) is 14.8. The molecule has 10 nitrogen and oxygen atoms in total. The van der Waals surface area contributed by atoms with Crippen molar-refractivity contribution in [3.8, 4) is 5.75 Å². The Morgan fingerprint density at radius 3 is 2.67 bits per heavy atom. The lowest BCUT2D eigenvalue weighted by Gasteiger charge is -2.34. The van der Waals surface area contributed by atoms with Gasteiger partial charge in [0.2, 0.25) is 0 Å². The van der Waals surface area contributed by atoms with Crippen LogP contribution in [0.5, 0.6) is 5.75 Å². The molecule has 3 aromatic heterocycles. The largest absolute Gasteiger partial charge is 0.497 e. The van der Waals surface area contributed by atoms with Crippen LogP contribution in [0.3, 0.4) is 0 Å². The van der Waals surface area contributed by atoms with E-state index in [1.54, 1.807) is 7.11 Å². The average Bonchev–Trinajstić information content (AvgIpc) is 3.37. The number of imidazole rings is 1. The first-order chi connectivity index (χ1) is 20.5. The maximum Gasteiger partial charge on any atom is 0.319 e. The summed E-state index contributed by atoms with van der Waals surface area (Å²) in [6.07, 6.45) is 5.19. The summed E-state index contributed by atoms with van der Waals surface area (Å²) < 4.78 is 7.47. The van der Waals surface area contributed by atoms with Crippen LogP contribution in [-0.2, 0) is 19.5 Å². The third-order valence-electron chi connectivity index (χ3n) is 8.49. The zero-order valence-electron chi connectivity index (χ0n) is 24.7. The molecule has 10 heteroatoms. The molecule has 1 aliphatic carbocycles. The van der Waals surface area contributed by atoms with Gasteiger partial charge in [-0.05, 0) is 81.4 Å². The average molecular weight is 569 g/mol. The Kier molecular flexibility index (Phi) is 8.25. The number of rotatable bonds is 8. The van der Waals surface area contributed by atoms with E-state index in [-0.39, 0.29) is 12.1 Å². The van der Waals surface area contributed by atoms with E-state index in [1.807, 2.05) is 36.5 Å². The molecule has 2 amide bonds. The number of fused-ring (bicyclic) bond motifs is 2. The summed E-state index contributed by atoms with van der Waals surface area (Å²) in [5.41, 5.74) is 6.06. The first-order valence-corrected chi connectivity index (χ1v) is 14.8. The van der Waals surface area contributed by atoms with E-state index in [1.165, 1.54) is 11.3 Å². The fraction of sp³-hybridized carbons (Fsp3) is 0.406. The summed E-state index contributed by atoms with van der Waals surface area (Å²) in [7, 11) is 5.95. The van der Waals surface area contributed by atoms with Crippen molar-refractivity contribution in [1.29, 1.82) is 0 Å². The molecular formula is C32H40N8O2. The predicted octanol–water partition coefficient (Wildman–Crippen LogP) is 4.32. The molecule has 1 fully saturated rings. The van der Waals surface area contributed by atoms with E-state index in [9.17, 15) is 4.79 Å². The van der Waals surface area contributed by atoms with Crippen molar-refractivity contribution in [2.75, 3.05) is 57.6 Å². The van der Waals surface area contributed by atoms with Crippen molar-refractivity contribution in [3.05, 3.63) is 83.4 Å². The van der Waals surface area contributed by atoms with Crippen molar-refractivity contribution in [1.82, 2.24) is 29.5 Å². The molecule has 6 rings (SSSR count). The van der Waals surface area contributed by atoms with Crippen LogP contribution in [0.2, 0.25) is 0 Å². The molecule has 1 aliphatic heterocycles.